The minimum absolute atomic E-state index is 0.183. The van der Waals surface area contributed by atoms with Crippen LogP contribution in [0.15, 0.2) is 467 Å². The summed E-state index contributed by atoms with van der Waals surface area (Å²) in [5, 5.41) is 0. The molecule has 0 heterocycles. The van der Waals surface area contributed by atoms with Crippen molar-refractivity contribution < 1.29 is 0 Å². The smallest absolute Gasteiger partial charge is 0.0713 e. The van der Waals surface area contributed by atoms with Crippen LogP contribution in [0.2, 0.25) is 0 Å². The molecule has 20 aromatic rings. The highest BCUT2D eigenvalue weighted by molar-refractivity contribution is 6.05. The van der Waals surface area contributed by atoms with Gasteiger partial charge in [-0.05, 0) is 245 Å². The van der Waals surface area contributed by atoms with Crippen molar-refractivity contribution in [3.8, 4) is 111 Å². The van der Waals surface area contributed by atoms with E-state index in [9.17, 15) is 0 Å². The fourth-order valence-corrected chi connectivity index (χ4v) is 26.2. The van der Waals surface area contributed by atoms with E-state index in [-0.39, 0.29) is 16.2 Å². The second-order valence-corrected chi connectivity index (χ2v) is 40.1. The number of fused-ring (bicyclic) bond motifs is 18. The predicted molar refractivity (Wildman–Crippen MR) is 567 cm³/mol. The third-order valence-corrected chi connectivity index (χ3v) is 32.1. The van der Waals surface area contributed by atoms with Gasteiger partial charge in [0.25, 0.3) is 0 Å². The molecule has 6 aliphatic rings. The average molecular weight is 1740 g/mol. The number of hydrogen-bond acceptors (Lipinski definition) is 2. The Morgan fingerprint density at radius 2 is 0.500 bits per heavy atom. The number of rotatable bonds is 16. The van der Waals surface area contributed by atoms with Crippen LogP contribution >= 0.6 is 0 Å². The summed E-state index contributed by atoms with van der Waals surface area (Å²) in [5.74, 6) is 0. The maximum absolute atomic E-state index is 2.64. The molecule has 20 aromatic carbocycles. The SMILES string of the molecule is CC1(C)c2ccccc2-c2cc(N(c3ccccc3-c3ccc4c(c3)C(c3ccccc3)(c3ccccc3)c3ccccc3-4)c3ccccc3-c3cccc4c3-c3ccccc3C4(C)Cc3cccc(C4(c5ccccc5)c5ccccc5-c5ccc(-c6ccccc6N(c6ccccc6-c6cccc7c6-c6ccccc6C7(C)C)c6cccc7c6C(C)(C)c6ccccc6-7)cc54)c3)ccc21. The van der Waals surface area contributed by atoms with E-state index in [1.54, 1.807) is 0 Å². The molecule has 0 radical (unpaired) electrons. The Hall–Kier alpha value is -16.0. The average Bonchev–Trinajstić information content (AvgIpc) is 1.53. The lowest BCUT2D eigenvalue weighted by atomic mass is 9.66. The van der Waals surface area contributed by atoms with Gasteiger partial charge in [0.15, 0.2) is 0 Å². The zero-order chi connectivity index (χ0) is 91.1. The van der Waals surface area contributed by atoms with Gasteiger partial charge < -0.3 is 9.80 Å². The van der Waals surface area contributed by atoms with Gasteiger partial charge >= 0.3 is 0 Å². The van der Waals surface area contributed by atoms with Crippen molar-refractivity contribution in [2.45, 2.75) is 87.4 Å². The van der Waals surface area contributed by atoms with E-state index in [2.05, 4.69) is 525 Å². The normalized spacial score (nSPS) is 16.4. The molecule has 2 atom stereocenters. The van der Waals surface area contributed by atoms with Crippen molar-refractivity contribution in [2.75, 3.05) is 9.80 Å². The molecule has 26 rings (SSSR count). The van der Waals surface area contributed by atoms with Gasteiger partial charge in [0.1, 0.15) is 0 Å². The zero-order valence-electron chi connectivity index (χ0n) is 77.6. The first-order valence-electron chi connectivity index (χ1n) is 48.3. The minimum atomic E-state index is -0.748. The van der Waals surface area contributed by atoms with E-state index in [1.807, 2.05) is 0 Å². The van der Waals surface area contributed by atoms with Gasteiger partial charge in [0.05, 0.1) is 39.3 Å². The second-order valence-electron chi connectivity index (χ2n) is 40.1. The number of nitrogens with zero attached hydrogens (tertiary/aromatic N) is 2. The largest absolute Gasteiger partial charge is 0.309 e. The lowest BCUT2D eigenvalue weighted by Gasteiger charge is -2.36. The summed E-state index contributed by atoms with van der Waals surface area (Å²) in [7, 11) is 0. The number of anilines is 6. The van der Waals surface area contributed by atoms with Crippen molar-refractivity contribution in [1.29, 1.82) is 0 Å². The maximum atomic E-state index is 2.64. The van der Waals surface area contributed by atoms with Gasteiger partial charge in [0.2, 0.25) is 0 Å². The molecule has 0 aromatic heterocycles. The predicted octanol–water partition coefficient (Wildman–Crippen LogP) is 34.5. The molecule has 0 bridgehead atoms. The third-order valence-electron chi connectivity index (χ3n) is 32.1. The first kappa shape index (κ1) is 80.8. The van der Waals surface area contributed by atoms with E-state index in [0.717, 1.165) is 68.4 Å². The van der Waals surface area contributed by atoms with Gasteiger partial charge in [-0.15, -0.1) is 0 Å². The Morgan fingerprint density at radius 1 is 0.176 bits per heavy atom. The van der Waals surface area contributed by atoms with Crippen LogP contribution in [-0.4, -0.2) is 0 Å². The van der Waals surface area contributed by atoms with Gasteiger partial charge in [-0.3, -0.25) is 0 Å². The molecule has 2 heteroatoms. The Kier molecular flexibility index (Phi) is 18.1. The van der Waals surface area contributed by atoms with Gasteiger partial charge in [-0.2, -0.15) is 0 Å². The zero-order valence-corrected chi connectivity index (χ0v) is 77.6. The number of para-hydroxylation sites is 4. The van der Waals surface area contributed by atoms with Crippen LogP contribution in [0.25, 0.3) is 111 Å². The summed E-state index contributed by atoms with van der Waals surface area (Å²) in [6.07, 6.45) is 0.745. The molecule has 0 fully saturated rings. The summed E-state index contributed by atoms with van der Waals surface area (Å²) >= 11 is 0. The number of hydrogen-bond donors (Lipinski definition) is 0. The molecule has 0 saturated carbocycles. The van der Waals surface area contributed by atoms with Crippen molar-refractivity contribution in [3.05, 3.63) is 562 Å². The van der Waals surface area contributed by atoms with Crippen molar-refractivity contribution in [1.82, 2.24) is 0 Å². The first-order chi connectivity index (χ1) is 66.6. The molecule has 0 saturated heterocycles. The van der Waals surface area contributed by atoms with Crippen LogP contribution in [0.1, 0.15) is 143 Å². The quantitative estimate of drug-likeness (QED) is 0.0951. The molecule has 0 amide bonds. The Labute approximate surface area is 798 Å². The van der Waals surface area contributed by atoms with E-state index in [1.165, 1.54) is 178 Å². The van der Waals surface area contributed by atoms with E-state index >= 15 is 0 Å². The van der Waals surface area contributed by atoms with Crippen LogP contribution in [0.4, 0.5) is 34.1 Å². The molecule has 2 unspecified atom stereocenters. The third kappa shape index (κ3) is 11.5. The molecule has 646 valence electrons. The second kappa shape index (κ2) is 30.5. The maximum Gasteiger partial charge on any atom is 0.0713 e. The monoisotopic (exact) mass is 1740 g/mol. The minimum Gasteiger partial charge on any atom is -0.309 e. The van der Waals surface area contributed by atoms with Crippen LogP contribution < -0.4 is 9.80 Å². The molecule has 6 aliphatic carbocycles. The molecule has 0 aliphatic heterocycles. The summed E-state index contributed by atoms with van der Waals surface area (Å²) in [5.41, 5.74) is 50.8. The molecular formula is C134H100N2. The highest BCUT2D eigenvalue weighted by Crippen LogP contribution is 2.65. The number of benzene rings is 20. The lowest BCUT2D eigenvalue weighted by Crippen LogP contribution is -2.29. The first-order valence-corrected chi connectivity index (χ1v) is 48.3. The van der Waals surface area contributed by atoms with Gasteiger partial charge in [-0.1, -0.05) is 461 Å². The lowest BCUT2D eigenvalue weighted by molar-refractivity contribution is 0.582. The summed E-state index contributed by atoms with van der Waals surface area (Å²) < 4.78 is 0. The van der Waals surface area contributed by atoms with Crippen molar-refractivity contribution in [2.24, 2.45) is 0 Å². The Bertz CT molecular complexity index is 8290. The molecule has 0 spiro atoms. The summed E-state index contributed by atoms with van der Waals surface area (Å²) in [6, 6.07) is 179. The standard InChI is InChI=1S/C134H100N2/c1-129(2)110-62-27-18-54-99(110)109-84-93(77-80-113(109)129)135(121-70-33-23-49-94(121)87-75-78-100-96-51-19-31-66-115(96)133(119(100)82-87,89-42-11-8-12-43-89)90-44-13-9-14-45-90)123-72-35-25-55-102(123)105-60-39-69-118-127(105)108-58-22-30-65-114(108)132(118,7)85-86-41-37-48-92(81-86)134(91-46-15-10-16-47-91)116-67-32-20-52-97(116)101-79-76-88(83-120(101)134)95-50-24-34-71-122(95)136(125-74-40-61-106-98-53-17-28-63-111(98)131(5,6)128(106)125)124-73-36-26-56-103(124)104-59-38-68-117-126(104)107-57-21-29-64-112(107)130(117,3)4/h8-84H,85H2,1-7H3. The van der Waals surface area contributed by atoms with Crippen molar-refractivity contribution in [3.63, 3.8) is 0 Å². The van der Waals surface area contributed by atoms with Gasteiger partial charge in [0, 0.05) is 49.6 Å². The van der Waals surface area contributed by atoms with E-state index in [4.69, 9.17) is 0 Å². The van der Waals surface area contributed by atoms with Crippen LogP contribution in [0, 0.1) is 0 Å². The van der Waals surface area contributed by atoms with E-state index < -0.39 is 16.2 Å². The molecule has 0 N–H and O–H groups in total. The van der Waals surface area contributed by atoms with Crippen LogP contribution in [0.5, 0.6) is 0 Å². The molecule has 136 heavy (non-hydrogen) atoms. The topological polar surface area (TPSA) is 6.48 Å². The van der Waals surface area contributed by atoms with Crippen LogP contribution in [-0.2, 0) is 38.9 Å². The highest BCUT2D eigenvalue weighted by Gasteiger charge is 2.51. The van der Waals surface area contributed by atoms with Crippen molar-refractivity contribution >= 4 is 34.1 Å². The Balaban J connectivity index is 0.623. The highest BCUT2D eigenvalue weighted by atomic mass is 15.2. The van der Waals surface area contributed by atoms with Gasteiger partial charge in [-0.25, -0.2) is 0 Å². The van der Waals surface area contributed by atoms with E-state index in [0.29, 0.717) is 0 Å². The summed E-state index contributed by atoms with van der Waals surface area (Å²) in [4.78, 5) is 5.23. The van der Waals surface area contributed by atoms with Crippen LogP contribution in [0.3, 0.4) is 0 Å². The molecular weight excluding hydrogens is 1640 g/mol. The fraction of sp³-hybridized carbons (Fsp3) is 0.104. The fourth-order valence-electron chi connectivity index (χ4n) is 26.2. The Morgan fingerprint density at radius 3 is 1.04 bits per heavy atom. The summed E-state index contributed by atoms with van der Waals surface area (Å²) in [6.45, 7) is 17.0. The molecule has 2 nitrogen and oxygen atoms in total.